The third kappa shape index (κ3) is 2.70. The van der Waals surface area contributed by atoms with Crippen molar-refractivity contribution in [1.82, 2.24) is 9.78 Å². The summed E-state index contributed by atoms with van der Waals surface area (Å²) in [7, 11) is 0. The van der Waals surface area contributed by atoms with Gasteiger partial charge in [-0.3, -0.25) is 4.79 Å². The fourth-order valence-corrected chi connectivity index (χ4v) is 3.61. The summed E-state index contributed by atoms with van der Waals surface area (Å²) < 4.78 is 1.53. The third-order valence-electron chi connectivity index (χ3n) is 3.89. The van der Waals surface area contributed by atoms with Gasteiger partial charge in [0.1, 0.15) is 5.15 Å². The maximum atomic E-state index is 11.4. The minimum atomic E-state index is 0.301. The van der Waals surface area contributed by atoms with E-state index >= 15 is 0 Å². The van der Waals surface area contributed by atoms with Gasteiger partial charge in [0.2, 0.25) is 0 Å². The lowest BCUT2D eigenvalue weighted by atomic mass is 10.0. The first-order chi connectivity index (χ1) is 10.1. The topological polar surface area (TPSA) is 34.9 Å². The van der Waals surface area contributed by atoms with Crippen molar-refractivity contribution in [3.8, 4) is 5.69 Å². The van der Waals surface area contributed by atoms with Crippen molar-refractivity contribution >= 4 is 41.1 Å². The molecule has 0 saturated heterocycles. The molecule has 1 aromatic heterocycles. The Hall–Kier alpha value is -1.03. The van der Waals surface area contributed by atoms with Gasteiger partial charge < -0.3 is 0 Å². The predicted octanol–water partition coefficient (Wildman–Crippen LogP) is 5.30. The smallest absolute Gasteiger partial charge is 0.155 e. The van der Waals surface area contributed by atoms with Crippen molar-refractivity contribution in [3.63, 3.8) is 0 Å². The molecule has 6 heteroatoms. The van der Waals surface area contributed by atoms with Crippen LogP contribution >= 0.6 is 34.8 Å². The summed E-state index contributed by atoms with van der Waals surface area (Å²) in [6.45, 7) is 0. The first-order valence-electron chi connectivity index (χ1n) is 6.81. The first-order valence-corrected chi connectivity index (χ1v) is 7.94. The van der Waals surface area contributed by atoms with E-state index in [-0.39, 0.29) is 0 Å². The zero-order valence-electron chi connectivity index (χ0n) is 11.2. The molecule has 1 saturated carbocycles. The number of aromatic nitrogens is 2. The quantitative estimate of drug-likeness (QED) is 0.708. The van der Waals surface area contributed by atoms with E-state index in [1.165, 1.54) is 4.68 Å². The number of carbonyl (C=O) groups is 1. The molecule has 0 N–H and O–H groups in total. The molecule has 1 aromatic carbocycles. The normalized spacial score (nSPS) is 15.6. The van der Waals surface area contributed by atoms with Crippen molar-refractivity contribution in [2.75, 3.05) is 0 Å². The van der Waals surface area contributed by atoms with Crippen LogP contribution in [0.1, 0.15) is 47.7 Å². The Morgan fingerprint density at radius 3 is 2.52 bits per heavy atom. The number of carbonyl (C=O) groups excluding carboxylic acids is 1. The second-order valence-corrected chi connectivity index (χ2v) is 6.40. The highest BCUT2D eigenvalue weighted by molar-refractivity contribution is 6.36. The summed E-state index contributed by atoms with van der Waals surface area (Å²) in [5.41, 5.74) is 1.87. The van der Waals surface area contributed by atoms with Gasteiger partial charge in [-0.05, 0) is 31.0 Å². The summed E-state index contributed by atoms with van der Waals surface area (Å²) >= 11 is 18.4. The lowest BCUT2D eigenvalue weighted by Crippen LogP contribution is -2.00. The molecule has 1 fully saturated rings. The molecule has 3 nitrogen and oxygen atoms in total. The zero-order valence-corrected chi connectivity index (χ0v) is 13.4. The average Bonchev–Trinajstić information content (AvgIpc) is 3.07. The predicted molar refractivity (Wildman–Crippen MR) is 85.2 cm³/mol. The van der Waals surface area contributed by atoms with Gasteiger partial charge in [-0.25, -0.2) is 4.68 Å². The Balaban J connectivity index is 2.12. The van der Waals surface area contributed by atoms with Crippen LogP contribution in [-0.4, -0.2) is 16.1 Å². The van der Waals surface area contributed by atoms with Crippen molar-refractivity contribution in [2.24, 2.45) is 0 Å². The molecule has 0 radical (unpaired) electrons. The molecule has 0 amide bonds. The summed E-state index contributed by atoms with van der Waals surface area (Å²) in [6.07, 6.45) is 5.19. The zero-order chi connectivity index (χ0) is 15.0. The second-order valence-electron chi connectivity index (χ2n) is 5.20. The number of aldehydes is 1. The molecule has 3 rings (SSSR count). The van der Waals surface area contributed by atoms with E-state index in [9.17, 15) is 4.79 Å². The van der Waals surface area contributed by atoms with Gasteiger partial charge in [0.25, 0.3) is 0 Å². The van der Waals surface area contributed by atoms with E-state index in [1.807, 2.05) is 0 Å². The lowest BCUT2D eigenvalue weighted by Gasteiger charge is -2.07. The molecule has 0 unspecified atom stereocenters. The highest BCUT2D eigenvalue weighted by Crippen LogP contribution is 2.38. The second kappa shape index (κ2) is 5.99. The third-order valence-corrected chi connectivity index (χ3v) is 4.79. The molecular formula is C15H13Cl3N2O. The van der Waals surface area contributed by atoms with Crippen LogP contribution < -0.4 is 0 Å². The van der Waals surface area contributed by atoms with E-state index in [0.29, 0.717) is 32.4 Å². The van der Waals surface area contributed by atoms with Gasteiger partial charge in [0.15, 0.2) is 6.29 Å². The van der Waals surface area contributed by atoms with Gasteiger partial charge in [0, 0.05) is 10.9 Å². The number of benzene rings is 1. The van der Waals surface area contributed by atoms with Crippen LogP contribution in [0.5, 0.6) is 0 Å². The summed E-state index contributed by atoms with van der Waals surface area (Å²) in [4.78, 5) is 11.4. The standard InChI is InChI=1S/C15H13Cl3N2O/c16-10-5-6-13(12(17)7-10)20-15(18)11(8-21)14(19-20)9-3-1-2-4-9/h5-9H,1-4H2. The number of nitrogens with zero attached hydrogens (tertiary/aromatic N) is 2. The van der Waals surface area contributed by atoms with Crippen molar-refractivity contribution in [3.05, 3.63) is 44.7 Å². The molecular weight excluding hydrogens is 331 g/mol. The maximum absolute atomic E-state index is 11.4. The van der Waals surface area contributed by atoms with Crippen molar-refractivity contribution in [1.29, 1.82) is 0 Å². The Morgan fingerprint density at radius 1 is 1.19 bits per heavy atom. The van der Waals surface area contributed by atoms with Gasteiger partial charge in [-0.1, -0.05) is 47.6 Å². The fraction of sp³-hybridized carbons (Fsp3) is 0.333. The molecule has 1 aliphatic carbocycles. The minimum Gasteiger partial charge on any atom is -0.298 e. The van der Waals surface area contributed by atoms with Crippen LogP contribution in [0, 0.1) is 0 Å². The van der Waals surface area contributed by atoms with E-state index in [0.717, 1.165) is 37.7 Å². The van der Waals surface area contributed by atoms with Crippen LogP contribution in [0.2, 0.25) is 15.2 Å². The van der Waals surface area contributed by atoms with Gasteiger partial charge in [0.05, 0.1) is 22.0 Å². The molecule has 0 bridgehead atoms. The van der Waals surface area contributed by atoms with Gasteiger partial charge >= 0.3 is 0 Å². The molecule has 21 heavy (non-hydrogen) atoms. The Labute approximate surface area is 137 Å². The van der Waals surface area contributed by atoms with E-state index in [1.54, 1.807) is 18.2 Å². The number of halogens is 3. The van der Waals surface area contributed by atoms with Gasteiger partial charge in [-0.15, -0.1) is 0 Å². The van der Waals surface area contributed by atoms with Crippen LogP contribution in [0.3, 0.4) is 0 Å². The molecule has 110 valence electrons. The summed E-state index contributed by atoms with van der Waals surface area (Å²) in [6, 6.07) is 5.10. The van der Waals surface area contributed by atoms with Crippen LogP contribution in [0.4, 0.5) is 0 Å². The molecule has 1 aliphatic rings. The molecule has 0 atom stereocenters. The van der Waals surface area contributed by atoms with Crippen LogP contribution in [-0.2, 0) is 0 Å². The highest BCUT2D eigenvalue weighted by atomic mass is 35.5. The number of hydrogen-bond donors (Lipinski definition) is 0. The van der Waals surface area contributed by atoms with Crippen LogP contribution in [0.15, 0.2) is 18.2 Å². The molecule has 1 heterocycles. The Kier molecular flexibility index (Phi) is 4.25. The molecule has 2 aromatic rings. The Bertz CT molecular complexity index is 690. The SMILES string of the molecule is O=Cc1c(C2CCCC2)nn(-c2ccc(Cl)cc2Cl)c1Cl. The van der Waals surface area contributed by atoms with Crippen LogP contribution in [0.25, 0.3) is 5.69 Å². The average molecular weight is 344 g/mol. The highest BCUT2D eigenvalue weighted by Gasteiger charge is 2.27. The van der Waals surface area contributed by atoms with E-state index in [2.05, 4.69) is 5.10 Å². The number of rotatable bonds is 3. The van der Waals surface area contributed by atoms with E-state index < -0.39 is 0 Å². The maximum Gasteiger partial charge on any atom is 0.155 e. The summed E-state index contributed by atoms with van der Waals surface area (Å²) in [5, 5.41) is 5.84. The summed E-state index contributed by atoms with van der Waals surface area (Å²) in [5.74, 6) is 0.301. The molecule has 0 spiro atoms. The van der Waals surface area contributed by atoms with Crippen molar-refractivity contribution < 1.29 is 4.79 Å². The monoisotopic (exact) mass is 342 g/mol. The Morgan fingerprint density at radius 2 is 1.90 bits per heavy atom. The first kappa shape index (κ1) is 14.9. The number of hydrogen-bond acceptors (Lipinski definition) is 2. The largest absolute Gasteiger partial charge is 0.298 e. The molecule has 0 aliphatic heterocycles. The fourth-order valence-electron chi connectivity index (χ4n) is 2.85. The lowest BCUT2D eigenvalue weighted by molar-refractivity contribution is 0.112. The van der Waals surface area contributed by atoms with Gasteiger partial charge in [-0.2, -0.15) is 5.10 Å². The van der Waals surface area contributed by atoms with Crippen molar-refractivity contribution in [2.45, 2.75) is 31.6 Å². The minimum absolute atomic E-state index is 0.301. The van der Waals surface area contributed by atoms with E-state index in [4.69, 9.17) is 34.8 Å².